The van der Waals surface area contributed by atoms with Crippen molar-refractivity contribution in [3.05, 3.63) is 26.0 Å². The summed E-state index contributed by atoms with van der Waals surface area (Å²) in [5, 5.41) is 6.62. The monoisotopic (exact) mass is 351 g/mol. The predicted molar refractivity (Wildman–Crippen MR) is 90.7 cm³/mol. The minimum absolute atomic E-state index is 0.0235. The largest absolute Gasteiger partial charge is 0.349 e. The highest BCUT2D eigenvalue weighted by atomic mass is 32.1. The van der Waals surface area contributed by atoms with Crippen LogP contribution in [0.25, 0.3) is 10.4 Å². The van der Waals surface area contributed by atoms with Gasteiger partial charge in [-0.25, -0.2) is 4.98 Å². The molecule has 0 fully saturated rings. The van der Waals surface area contributed by atoms with Crippen molar-refractivity contribution in [1.29, 1.82) is 0 Å². The van der Waals surface area contributed by atoms with Gasteiger partial charge in [0.2, 0.25) is 5.91 Å². The summed E-state index contributed by atoms with van der Waals surface area (Å²) in [5.41, 5.74) is 9.45. The minimum atomic E-state index is -0.549. The number of rotatable bonds is 6. The summed E-state index contributed by atoms with van der Waals surface area (Å²) < 4.78 is 0. The number of hydrogen-bond acceptors (Lipinski definition) is 6. The van der Waals surface area contributed by atoms with Gasteiger partial charge in [0.1, 0.15) is 0 Å². The highest BCUT2D eigenvalue weighted by molar-refractivity contribution is 7.13. The van der Waals surface area contributed by atoms with Crippen molar-refractivity contribution in [2.45, 2.75) is 25.4 Å². The van der Waals surface area contributed by atoms with Gasteiger partial charge in [-0.05, 0) is 12.6 Å². The van der Waals surface area contributed by atoms with E-state index in [9.17, 15) is 9.59 Å². The zero-order valence-electron chi connectivity index (χ0n) is 14.0. The van der Waals surface area contributed by atoms with E-state index in [-0.39, 0.29) is 24.8 Å². The number of hydrogen-bond donors (Lipinski definition) is 1. The SMILES string of the molecule is CN1CCc2nc(C(=O)N[C@@H](CN=[N+]=[N-])CC(=O)N(C)C)sc2C1. The Balaban J connectivity index is 2.06. The van der Waals surface area contributed by atoms with E-state index in [1.54, 1.807) is 14.1 Å². The first-order valence-electron chi connectivity index (χ1n) is 7.59. The van der Waals surface area contributed by atoms with Crippen LogP contribution in [0.5, 0.6) is 0 Å². The molecular weight excluding hydrogens is 330 g/mol. The van der Waals surface area contributed by atoms with Crippen LogP contribution in [0.2, 0.25) is 0 Å². The molecule has 0 aliphatic carbocycles. The molecule has 1 aromatic heterocycles. The van der Waals surface area contributed by atoms with E-state index in [0.29, 0.717) is 5.01 Å². The Bertz CT molecular complexity index is 666. The summed E-state index contributed by atoms with van der Waals surface area (Å²) in [6, 6.07) is -0.549. The molecule has 2 rings (SSSR count). The predicted octanol–water partition coefficient (Wildman–Crippen LogP) is 1.02. The molecule has 0 bridgehead atoms. The molecule has 1 aliphatic heterocycles. The van der Waals surface area contributed by atoms with Gasteiger partial charge in [-0.3, -0.25) is 9.59 Å². The molecule has 0 aromatic carbocycles. The average molecular weight is 351 g/mol. The number of azide groups is 1. The van der Waals surface area contributed by atoms with Gasteiger partial charge in [-0.1, -0.05) is 5.11 Å². The van der Waals surface area contributed by atoms with Crippen LogP contribution in [0.1, 0.15) is 26.8 Å². The van der Waals surface area contributed by atoms with E-state index in [4.69, 9.17) is 5.53 Å². The third kappa shape index (κ3) is 4.67. The lowest BCUT2D eigenvalue weighted by atomic mass is 10.2. The summed E-state index contributed by atoms with van der Waals surface area (Å²) in [4.78, 5) is 36.1. The van der Waals surface area contributed by atoms with Crippen LogP contribution in [-0.2, 0) is 17.8 Å². The molecule has 0 radical (unpaired) electrons. The Morgan fingerprint density at radius 1 is 1.54 bits per heavy atom. The third-order valence-electron chi connectivity index (χ3n) is 3.74. The molecule has 2 heterocycles. The van der Waals surface area contributed by atoms with Crippen molar-refractivity contribution < 1.29 is 9.59 Å². The highest BCUT2D eigenvalue weighted by Gasteiger charge is 2.23. The fourth-order valence-electron chi connectivity index (χ4n) is 2.36. The molecule has 24 heavy (non-hydrogen) atoms. The zero-order valence-corrected chi connectivity index (χ0v) is 14.8. The fourth-order valence-corrected chi connectivity index (χ4v) is 3.45. The van der Waals surface area contributed by atoms with Gasteiger partial charge in [0, 0.05) is 62.4 Å². The molecule has 10 heteroatoms. The Labute approximate surface area is 144 Å². The molecule has 0 spiro atoms. The first-order chi connectivity index (χ1) is 11.4. The minimum Gasteiger partial charge on any atom is -0.349 e. The Morgan fingerprint density at radius 2 is 2.29 bits per heavy atom. The maximum Gasteiger partial charge on any atom is 0.280 e. The molecule has 1 N–H and O–H groups in total. The molecular formula is C14H21N7O2S. The average Bonchev–Trinajstić information content (AvgIpc) is 2.95. The molecule has 1 aliphatic rings. The van der Waals surface area contributed by atoms with Gasteiger partial charge in [0.25, 0.3) is 5.91 Å². The lowest BCUT2D eigenvalue weighted by Gasteiger charge is -2.20. The fraction of sp³-hybridized carbons (Fsp3) is 0.643. The molecule has 130 valence electrons. The number of thiazole rings is 1. The summed E-state index contributed by atoms with van der Waals surface area (Å²) in [7, 11) is 5.31. The molecule has 0 saturated carbocycles. The van der Waals surface area contributed by atoms with Gasteiger partial charge in [0.15, 0.2) is 5.01 Å². The number of fused-ring (bicyclic) bond motifs is 1. The van der Waals surface area contributed by atoms with Gasteiger partial charge in [-0.2, -0.15) is 0 Å². The normalized spacial score (nSPS) is 15.1. The van der Waals surface area contributed by atoms with Crippen molar-refractivity contribution in [2.24, 2.45) is 5.11 Å². The van der Waals surface area contributed by atoms with Gasteiger partial charge in [-0.15, -0.1) is 11.3 Å². The Kier molecular flexibility index (Phi) is 6.13. The maximum absolute atomic E-state index is 12.4. The van der Waals surface area contributed by atoms with Crippen LogP contribution in [0, 0.1) is 0 Å². The summed E-state index contributed by atoms with van der Waals surface area (Å²) in [6.45, 7) is 1.74. The van der Waals surface area contributed by atoms with Crippen LogP contribution in [0.15, 0.2) is 5.11 Å². The molecule has 1 aromatic rings. The second-order valence-electron chi connectivity index (χ2n) is 5.95. The molecule has 0 unspecified atom stereocenters. The van der Waals surface area contributed by atoms with E-state index >= 15 is 0 Å². The highest BCUT2D eigenvalue weighted by Crippen LogP contribution is 2.24. The van der Waals surface area contributed by atoms with E-state index < -0.39 is 6.04 Å². The molecule has 2 amide bonds. The van der Waals surface area contributed by atoms with Crippen molar-refractivity contribution in [1.82, 2.24) is 20.1 Å². The summed E-state index contributed by atoms with van der Waals surface area (Å²) in [6.07, 6.45) is 0.905. The van der Waals surface area contributed by atoms with Gasteiger partial charge in [0.05, 0.1) is 5.69 Å². The standard InChI is InChI=1S/C14H21N7O2S/c1-20(2)12(22)6-9(7-16-19-15)17-13(23)14-18-10-4-5-21(3)8-11(10)24-14/h9H,4-8H2,1-3H3,(H,17,23)/t9-/m1/s1. The van der Waals surface area contributed by atoms with Crippen LogP contribution in [0.3, 0.4) is 0 Å². The smallest absolute Gasteiger partial charge is 0.280 e. The number of nitrogens with zero attached hydrogens (tertiary/aromatic N) is 6. The van der Waals surface area contributed by atoms with Crippen LogP contribution in [-0.4, -0.2) is 66.9 Å². The quantitative estimate of drug-likeness (QED) is 0.468. The number of carbonyl (C=O) groups is 2. The van der Waals surface area contributed by atoms with E-state index in [1.807, 2.05) is 7.05 Å². The lowest BCUT2D eigenvalue weighted by molar-refractivity contribution is -0.129. The van der Waals surface area contributed by atoms with Gasteiger partial charge < -0.3 is 15.1 Å². The first-order valence-corrected chi connectivity index (χ1v) is 8.41. The van der Waals surface area contributed by atoms with Crippen molar-refractivity contribution in [2.75, 3.05) is 34.2 Å². The summed E-state index contributed by atoms with van der Waals surface area (Å²) in [5.74, 6) is -0.477. The Hall–Kier alpha value is -2.16. The van der Waals surface area contributed by atoms with E-state index in [1.165, 1.54) is 16.2 Å². The number of likely N-dealkylation sites (N-methyl/N-ethyl adjacent to an activating group) is 1. The number of nitrogens with one attached hydrogen (secondary N) is 1. The van der Waals surface area contributed by atoms with Crippen molar-refractivity contribution in [3.8, 4) is 0 Å². The van der Waals surface area contributed by atoms with E-state index in [2.05, 4.69) is 25.2 Å². The van der Waals surface area contributed by atoms with Crippen molar-refractivity contribution >= 4 is 23.2 Å². The zero-order chi connectivity index (χ0) is 17.7. The van der Waals surface area contributed by atoms with Crippen LogP contribution < -0.4 is 5.32 Å². The topological polar surface area (TPSA) is 114 Å². The molecule has 9 nitrogen and oxygen atoms in total. The van der Waals surface area contributed by atoms with E-state index in [0.717, 1.165) is 30.1 Å². The number of carbonyl (C=O) groups excluding carboxylic acids is 2. The lowest BCUT2D eigenvalue weighted by Crippen LogP contribution is -2.40. The molecule has 1 atom stereocenters. The van der Waals surface area contributed by atoms with Crippen molar-refractivity contribution in [3.63, 3.8) is 0 Å². The first kappa shape index (κ1) is 18.2. The second-order valence-corrected chi connectivity index (χ2v) is 7.04. The van der Waals surface area contributed by atoms with Crippen LogP contribution >= 0.6 is 11.3 Å². The second kappa shape index (κ2) is 8.09. The Morgan fingerprint density at radius 3 is 2.96 bits per heavy atom. The number of amides is 2. The third-order valence-corrected chi connectivity index (χ3v) is 4.82. The molecule has 0 saturated heterocycles. The summed E-state index contributed by atoms with van der Waals surface area (Å²) >= 11 is 1.37. The maximum atomic E-state index is 12.4. The van der Waals surface area contributed by atoms with Gasteiger partial charge >= 0.3 is 0 Å². The number of aromatic nitrogens is 1. The van der Waals surface area contributed by atoms with Crippen LogP contribution in [0.4, 0.5) is 0 Å².